The third kappa shape index (κ3) is 3.62. The normalized spacial score (nSPS) is 12.7. The molecule has 0 aliphatic carbocycles. The van der Waals surface area contributed by atoms with E-state index in [0.29, 0.717) is 5.92 Å². The Bertz CT molecular complexity index is 572. The van der Waals surface area contributed by atoms with Crippen LogP contribution >= 0.6 is 11.6 Å². The fourth-order valence-corrected chi connectivity index (χ4v) is 2.44. The Hall–Kier alpha value is -1.31. The van der Waals surface area contributed by atoms with Crippen molar-refractivity contribution in [2.45, 2.75) is 39.2 Å². The van der Waals surface area contributed by atoms with Gasteiger partial charge in [0, 0.05) is 11.1 Å². The molecule has 106 valence electrons. The van der Waals surface area contributed by atoms with Crippen molar-refractivity contribution in [3.63, 3.8) is 0 Å². The van der Waals surface area contributed by atoms with Gasteiger partial charge in [0.15, 0.2) is 0 Å². The molecule has 2 aromatic rings. The molecule has 2 heteroatoms. The Kier molecular flexibility index (Phi) is 4.85. The van der Waals surface area contributed by atoms with Crippen molar-refractivity contribution in [1.82, 2.24) is 0 Å². The van der Waals surface area contributed by atoms with E-state index < -0.39 is 0 Å². The van der Waals surface area contributed by atoms with Crippen molar-refractivity contribution >= 4 is 11.6 Å². The predicted octanol–water partition coefficient (Wildman–Crippen LogP) is 5.01. The molecule has 0 aliphatic heterocycles. The molecule has 2 N–H and O–H groups in total. The van der Waals surface area contributed by atoms with Gasteiger partial charge in [0.1, 0.15) is 0 Å². The zero-order chi connectivity index (χ0) is 14.7. The molecule has 0 saturated heterocycles. The maximum atomic E-state index is 6.29. The second kappa shape index (κ2) is 6.43. The number of rotatable bonds is 4. The van der Waals surface area contributed by atoms with Gasteiger partial charge in [-0.3, -0.25) is 0 Å². The Labute approximate surface area is 126 Å². The molecule has 20 heavy (non-hydrogen) atoms. The number of benzene rings is 2. The lowest BCUT2D eigenvalue weighted by molar-refractivity contribution is 0.721. The van der Waals surface area contributed by atoms with Crippen LogP contribution in [-0.2, 0) is 6.42 Å². The largest absolute Gasteiger partial charge is 0.324 e. The fraction of sp³-hybridized carbons (Fsp3) is 0.333. The van der Waals surface area contributed by atoms with Gasteiger partial charge in [-0.05, 0) is 47.6 Å². The highest BCUT2D eigenvalue weighted by molar-refractivity contribution is 6.31. The van der Waals surface area contributed by atoms with E-state index in [-0.39, 0.29) is 6.04 Å². The molecule has 1 atom stereocenters. The molecule has 0 aliphatic rings. The van der Waals surface area contributed by atoms with Crippen LogP contribution in [0.1, 0.15) is 48.1 Å². The minimum Gasteiger partial charge on any atom is -0.324 e. The third-order valence-corrected chi connectivity index (χ3v) is 4.13. The number of aryl methyl sites for hydroxylation is 1. The van der Waals surface area contributed by atoms with Crippen molar-refractivity contribution in [1.29, 1.82) is 0 Å². The average Bonchev–Trinajstić information content (AvgIpc) is 2.42. The van der Waals surface area contributed by atoms with Crippen molar-refractivity contribution < 1.29 is 0 Å². The Balaban J connectivity index is 2.10. The van der Waals surface area contributed by atoms with Crippen LogP contribution in [0.25, 0.3) is 0 Å². The van der Waals surface area contributed by atoms with E-state index >= 15 is 0 Å². The van der Waals surface area contributed by atoms with Gasteiger partial charge < -0.3 is 5.73 Å². The summed E-state index contributed by atoms with van der Waals surface area (Å²) in [6, 6.07) is 14.8. The molecule has 0 radical (unpaired) electrons. The van der Waals surface area contributed by atoms with E-state index in [1.165, 1.54) is 11.1 Å². The van der Waals surface area contributed by atoms with Crippen LogP contribution in [0.5, 0.6) is 0 Å². The lowest BCUT2D eigenvalue weighted by Gasteiger charge is -2.14. The van der Waals surface area contributed by atoms with Crippen LogP contribution in [0.2, 0.25) is 5.02 Å². The van der Waals surface area contributed by atoms with E-state index in [4.69, 9.17) is 17.3 Å². The Morgan fingerprint density at radius 2 is 1.60 bits per heavy atom. The predicted molar refractivity (Wildman–Crippen MR) is 87.4 cm³/mol. The lowest BCUT2D eigenvalue weighted by Crippen LogP contribution is -2.13. The molecule has 2 aromatic carbocycles. The average molecular weight is 288 g/mol. The van der Waals surface area contributed by atoms with E-state index in [9.17, 15) is 0 Å². The first-order valence-corrected chi connectivity index (χ1v) is 7.45. The summed E-state index contributed by atoms with van der Waals surface area (Å²) < 4.78 is 0. The summed E-state index contributed by atoms with van der Waals surface area (Å²) in [5.74, 6) is 0.564. The summed E-state index contributed by atoms with van der Waals surface area (Å²) in [4.78, 5) is 0. The third-order valence-electron chi connectivity index (χ3n) is 3.73. The summed E-state index contributed by atoms with van der Waals surface area (Å²) in [5.41, 5.74) is 11.1. The molecule has 0 saturated carbocycles. The zero-order valence-electron chi connectivity index (χ0n) is 12.4. The van der Waals surface area contributed by atoms with Gasteiger partial charge in [-0.1, -0.05) is 61.8 Å². The van der Waals surface area contributed by atoms with Gasteiger partial charge in [-0.2, -0.15) is 0 Å². The highest BCUT2D eigenvalue weighted by atomic mass is 35.5. The molecule has 0 aromatic heterocycles. The minimum atomic E-state index is -0.0157. The van der Waals surface area contributed by atoms with E-state index in [1.54, 1.807) is 0 Å². The van der Waals surface area contributed by atoms with Gasteiger partial charge in [-0.25, -0.2) is 0 Å². The first kappa shape index (κ1) is 15.1. The molecule has 1 nitrogen and oxygen atoms in total. The Morgan fingerprint density at radius 1 is 1.00 bits per heavy atom. The summed E-state index contributed by atoms with van der Waals surface area (Å²) in [6.45, 7) is 6.41. The van der Waals surface area contributed by atoms with Crippen LogP contribution in [0.15, 0.2) is 42.5 Å². The molecular formula is C18H22ClN. The van der Waals surface area contributed by atoms with Gasteiger partial charge in [0.05, 0.1) is 0 Å². The number of nitrogens with two attached hydrogens (primary N) is 1. The summed E-state index contributed by atoms with van der Waals surface area (Å²) in [7, 11) is 0. The fourth-order valence-electron chi connectivity index (χ4n) is 2.25. The van der Waals surface area contributed by atoms with Crippen LogP contribution in [0.4, 0.5) is 0 Å². The highest BCUT2D eigenvalue weighted by Crippen LogP contribution is 2.23. The van der Waals surface area contributed by atoms with Crippen LogP contribution in [-0.4, -0.2) is 0 Å². The first-order valence-electron chi connectivity index (χ1n) is 7.08. The smallest absolute Gasteiger partial charge is 0.0438 e. The lowest BCUT2D eigenvalue weighted by atomic mass is 9.96. The van der Waals surface area contributed by atoms with Crippen LogP contribution in [0.3, 0.4) is 0 Å². The topological polar surface area (TPSA) is 26.0 Å². The van der Waals surface area contributed by atoms with Gasteiger partial charge >= 0.3 is 0 Å². The molecular weight excluding hydrogens is 266 g/mol. The second-order valence-electron chi connectivity index (χ2n) is 5.72. The Morgan fingerprint density at radius 3 is 2.15 bits per heavy atom. The monoisotopic (exact) mass is 287 g/mol. The molecule has 2 rings (SSSR count). The quantitative estimate of drug-likeness (QED) is 0.840. The van der Waals surface area contributed by atoms with Crippen LogP contribution in [0, 0.1) is 6.92 Å². The maximum absolute atomic E-state index is 6.29. The maximum Gasteiger partial charge on any atom is 0.0438 e. The minimum absolute atomic E-state index is 0.0157. The summed E-state index contributed by atoms with van der Waals surface area (Å²) in [5, 5.41) is 0.785. The van der Waals surface area contributed by atoms with Crippen molar-refractivity contribution in [3.05, 3.63) is 69.7 Å². The van der Waals surface area contributed by atoms with Crippen molar-refractivity contribution in [2.24, 2.45) is 5.73 Å². The first-order chi connectivity index (χ1) is 9.47. The molecule has 1 unspecified atom stereocenters. The number of hydrogen-bond acceptors (Lipinski definition) is 1. The SMILES string of the molecule is Cc1ccc(C(N)Cc2ccc(C(C)C)cc2)cc1Cl. The second-order valence-corrected chi connectivity index (χ2v) is 6.12. The molecule has 0 bridgehead atoms. The summed E-state index contributed by atoms with van der Waals surface area (Å²) >= 11 is 6.16. The number of halogens is 1. The van der Waals surface area contributed by atoms with Crippen molar-refractivity contribution in [3.8, 4) is 0 Å². The summed E-state index contributed by atoms with van der Waals surface area (Å²) in [6.07, 6.45) is 0.831. The number of hydrogen-bond donors (Lipinski definition) is 1. The van der Waals surface area contributed by atoms with Crippen LogP contribution < -0.4 is 5.73 Å². The van der Waals surface area contributed by atoms with E-state index in [1.807, 2.05) is 19.1 Å². The molecule has 0 heterocycles. The molecule has 0 spiro atoms. The standard InChI is InChI=1S/C18H22ClN/c1-12(2)15-8-5-14(6-9-15)10-18(20)16-7-4-13(3)17(19)11-16/h4-9,11-12,18H,10,20H2,1-3H3. The van der Waals surface area contributed by atoms with E-state index in [0.717, 1.165) is 22.6 Å². The zero-order valence-corrected chi connectivity index (χ0v) is 13.1. The van der Waals surface area contributed by atoms with E-state index in [2.05, 4.69) is 44.2 Å². The molecule has 0 amide bonds. The molecule has 0 fully saturated rings. The van der Waals surface area contributed by atoms with Gasteiger partial charge in [0.25, 0.3) is 0 Å². The van der Waals surface area contributed by atoms with Gasteiger partial charge in [0.2, 0.25) is 0 Å². The van der Waals surface area contributed by atoms with Gasteiger partial charge in [-0.15, -0.1) is 0 Å². The highest BCUT2D eigenvalue weighted by Gasteiger charge is 2.09. The van der Waals surface area contributed by atoms with Crippen molar-refractivity contribution in [2.75, 3.05) is 0 Å².